The maximum atomic E-state index is 12.2. The zero-order valence-corrected chi connectivity index (χ0v) is 24.1. The highest BCUT2D eigenvalue weighted by Crippen LogP contribution is 2.43. The van der Waals surface area contributed by atoms with Crippen LogP contribution >= 0.6 is 11.3 Å². The Morgan fingerprint density at radius 1 is 1.13 bits per heavy atom. The molecule has 0 spiro atoms. The molecule has 2 aromatic carbocycles. The van der Waals surface area contributed by atoms with Gasteiger partial charge in [0.15, 0.2) is 5.13 Å². The first-order chi connectivity index (χ1) is 18.3. The zero-order chi connectivity index (χ0) is 27.7. The number of nitrogens with zero attached hydrogens (tertiary/aromatic N) is 1. The first-order valence-electron chi connectivity index (χ1n) is 13.1. The van der Waals surface area contributed by atoms with Gasteiger partial charge in [-0.1, -0.05) is 17.4 Å². The molecule has 204 valence electrons. The largest absolute Gasteiger partial charge is 0.495 e. The van der Waals surface area contributed by atoms with E-state index in [1.54, 1.807) is 0 Å². The van der Waals surface area contributed by atoms with Crippen molar-refractivity contribution in [2.75, 3.05) is 23.8 Å². The molecule has 4 aromatic rings. The Balaban J connectivity index is 1.37. The number of anilines is 2. The van der Waals surface area contributed by atoms with Gasteiger partial charge in [0.25, 0.3) is 0 Å². The molecule has 0 unspecified atom stereocenters. The van der Waals surface area contributed by atoms with E-state index in [1.807, 2.05) is 39.0 Å². The number of thiazole rings is 1. The third kappa shape index (κ3) is 4.72. The minimum atomic E-state index is -0.582. The monoisotopic (exact) mass is 548 g/mol. The van der Waals surface area contributed by atoms with Crippen LogP contribution in [0.25, 0.3) is 32.4 Å². The SMILES string of the molecule is CC(C)(C)OC(=O)Nc1nc2ccc(-c3[nH]c4cc(B5OC(C)(C)C(C)(C)O5)cc5c4c3NCCO5)cc2s1. The average molecular weight is 548 g/mol. The van der Waals surface area contributed by atoms with Gasteiger partial charge in [0.05, 0.1) is 43.7 Å². The van der Waals surface area contributed by atoms with Gasteiger partial charge in [0.2, 0.25) is 0 Å². The van der Waals surface area contributed by atoms with Crippen molar-refractivity contribution in [3.05, 3.63) is 30.3 Å². The molecule has 0 aliphatic carbocycles. The van der Waals surface area contributed by atoms with Crippen molar-refractivity contribution < 1.29 is 23.6 Å². The van der Waals surface area contributed by atoms with Crippen LogP contribution in [-0.4, -0.2) is 53.1 Å². The Morgan fingerprint density at radius 2 is 1.87 bits per heavy atom. The summed E-state index contributed by atoms with van der Waals surface area (Å²) in [5.74, 6) is 0.794. The van der Waals surface area contributed by atoms with Crippen molar-refractivity contribution in [3.8, 4) is 17.0 Å². The van der Waals surface area contributed by atoms with Gasteiger partial charge in [0, 0.05) is 12.1 Å². The number of rotatable bonds is 3. The van der Waals surface area contributed by atoms with E-state index in [4.69, 9.17) is 18.8 Å². The van der Waals surface area contributed by atoms with Crippen molar-refractivity contribution in [1.82, 2.24) is 9.97 Å². The second kappa shape index (κ2) is 8.87. The molecule has 2 aromatic heterocycles. The Bertz CT molecular complexity index is 1590. The van der Waals surface area contributed by atoms with Crippen LogP contribution < -0.4 is 20.8 Å². The van der Waals surface area contributed by atoms with E-state index in [0.29, 0.717) is 18.3 Å². The highest BCUT2D eigenvalue weighted by molar-refractivity contribution is 7.22. The van der Waals surface area contributed by atoms with Gasteiger partial charge in [-0.15, -0.1) is 0 Å². The molecule has 2 aliphatic heterocycles. The van der Waals surface area contributed by atoms with Gasteiger partial charge in [-0.05, 0) is 78.2 Å². The summed E-state index contributed by atoms with van der Waals surface area (Å²) in [7, 11) is -0.491. The summed E-state index contributed by atoms with van der Waals surface area (Å²) >= 11 is 1.41. The highest BCUT2D eigenvalue weighted by Gasteiger charge is 2.52. The number of benzene rings is 2. The van der Waals surface area contributed by atoms with Crippen molar-refractivity contribution in [1.29, 1.82) is 0 Å². The van der Waals surface area contributed by atoms with Crippen LogP contribution in [-0.2, 0) is 14.0 Å². The van der Waals surface area contributed by atoms with E-state index in [1.165, 1.54) is 11.3 Å². The smallest absolute Gasteiger partial charge is 0.491 e. The predicted octanol–water partition coefficient (Wildman–Crippen LogP) is 5.90. The molecule has 39 heavy (non-hydrogen) atoms. The Hall–Kier alpha value is -3.28. The second-order valence-corrected chi connectivity index (χ2v) is 13.0. The van der Waals surface area contributed by atoms with E-state index in [0.717, 1.165) is 49.3 Å². The normalized spacial score (nSPS) is 18.1. The van der Waals surface area contributed by atoms with Crippen molar-refractivity contribution >= 4 is 61.9 Å². The van der Waals surface area contributed by atoms with E-state index in [-0.39, 0.29) is 0 Å². The molecule has 0 atom stereocenters. The minimum Gasteiger partial charge on any atom is -0.491 e. The standard InChI is InChI=1S/C28H33BN4O5S/c1-26(2,3)36-25(34)33-24-32-17-9-8-15(12-20(17)39-24)22-23-21-18(31-22)13-16(14-19(21)35-11-10-30-23)29-37-27(4,5)28(6,7)38-29/h8-9,12-14,30-31H,10-11H2,1-7H3,(H,32,33,34). The van der Waals surface area contributed by atoms with Gasteiger partial charge in [-0.2, -0.15) is 0 Å². The molecule has 0 bridgehead atoms. The minimum absolute atomic E-state index is 0.434. The van der Waals surface area contributed by atoms with Gasteiger partial charge in [-0.25, -0.2) is 9.78 Å². The lowest BCUT2D eigenvalue weighted by Crippen LogP contribution is -2.41. The molecule has 0 saturated carbocycles. The summed E-state index contributed by atoms with van der Waals surface area (Å²) in [5.41, 5.74) is 4.15. The molecule has 0 radical (unpaired) electrons. The van der Waals surface area contributed by atoms with Crippen LogP contribution in [0.5, 0.6) is 5.75 Å². The topological polar surface area (TPSA) is 107 Å². The fourth-order valence-corrected chi connectivity index (χ4v) is 5.69. The molecular formula is C28H33BN4O5S. The number of hydrogen-bond donors (Lipinski definition) is 3. The molecule has 1 fully saturated rings. The highest BCUT2D eigenvalue weighted by atomic mass is 32.1. The summed E-state index contributed by atoms with van der Waals surface area (Å²) in [6.45, 7) is 14.9. The molecule has 1 amide bonds. The summed E-state index contributed by atoms with van der Waals surface area (Å²) in [5, 5.41) is 7.79. The van der Waals surface area contributed by atoms with Crippen LogP contribution in [0.2, 0.25) is 0 Å². The van der Waals surface area contributed by atoms with E-state index >= 15 is 0 Å². The molecule has 6 rings (SSSR count). The van der Waals surface area contributed by atoms with Crippen LogP contribution in [0.1, 0.15) is 48.5 Å². The fourth-order valence-electron chi connectivity index (χ4n) is 4.80. The molecule has 11 heteroatoms. The number of nitrogens with one attached hydrogen (secondary N) is 3. The second-order valence-electron chi connectivity index (χ2n) is 12.0. The third-order valence-electron chi connectivity index (χ3n) is 7.36. The summed E-state index contributed by atoms with van der Waals surface area (Å²) in [6.07, 6.45) is -0.521. The number of amides is 1. The van der Waals surface area contributed by atoms with Crippen molar-refractivity contribution in [2.45, 2.75) is 65.3 Å². The maximum Gasteiger partial charge on any atom is 0.495 e. The van der Waals surface area contributed by atoms with Crippen molar-refractivity contribution in [2.24, 2.45) is 0 Å². The summed E-state index contributed by atoms with van der Waals surface area (Å²) < 4.78 is 25.1. The van der Waals surface area contributed by atoms with Gasteiger partial charge >= 0.3 is 13.2 Å². The molecule has 9 nitrogen and oxygen atoms in total. The van der Waals surface area contributed by atoms with E-state index < -0.39 is 30.0 Å². The maximum absolute atomic E-state index is 12.2. The number of ether oxygens (including phenoxy) is 2. The van der Waals surface area contributed by atoms with Crippen LogP contribution in [0.4, 0.5) is 15.6 Å². The van der Waals surface area contributed by atoms with E-state index in [9.17, 15) is 4.79 Å². The van der Waals surface area contributed by atoms with Gasteiger partial charge in [0.1, 0.15) is 18.0 Å². The number of aromatic nitrogens is 2. The summed E-state index contributed by atoms with van der Waals surface area (Å²) in [6, 6.07) is 10.2. The average Bonchev–Trinajstić information content (AvgIpc) is 3.39. The number of fused-ring (bicyclic) bond motifs is 1. The Labute approximate surface area is 231 Å². The quantitative estimate of drug-likeness (QED) is 0.274. The number of hydrogen-bond acceptors (Lipinski definition) is 8. The molecule has 2 aliphatic rings. The summed E-state index contributed by atoms with van der Waals surface area (Å²) in [4.78, 5) is 20.4. The van der Waals surface area contributed by atoms with Crippen LogP contribution in [0.3, 0.4) is 0 Å². The lowest BCUT2D eigenvalue weighted by Gasteiger charge is -2.32. The number of aromatic amines is 1. The van der Waals surface area contributed by atoms with Crippen LogP contribution in [0, 0.1) is 0 Å². The molecular weight excluding hydrogens is 515 g/mol. The number of carbonyl (C=O) groups is 1. The van der Waals surface area contributed by atoms with Crippen molar-refractivity contribution in [3.63, 3.8) is 0 Å². The Morgan fingerprint density at radius 3 is 2.59 bits per heavy atom. The van der Waals surface area contributed by atoms with E-state index in [2.05, 4.69) is 60.4 Å². The first-order valence-corrected chi connectivity index (χ1v) is 13.9. The first kappa shape index (κ1) is 26.0. The molecule has 4 heterocycles. The van der Waals surface area contributed by atoms with Crippen LogP contribution in [0.15, 0.2) is 30.3 Å². The predicted molar refractivity (Wildman–Crippen MR) is 156 cm³/mol. The molecule has 3 N–H and O–H groups in total. The lowest BCUT2D eigenvalue weighted by atomic mass is 9.78. The lowest BCUT2D eigenvalue weighted by molar-refractivity contribution is 0.00578. The number of H-pyrrole nitrogens is 1. The third-order valence-corrected chi connectivity index (χ3v) is 8.29. The number of carbonyl (C=O) groups excluding carboxylic acids is 1. The zero-order valence-electron chi connectivity index (χ0n) is 23.3. The van der Waals surface area contributed by atoms with Gasteiger partial charge < -0.3 is 29.1 Å². The van der Waals surface area contributed by atoms with Gasteiger partial charge in [-0.3, -0.25) is 5.32 Å². The Kier molecular flexibility index (Phi) is 5.91. The molecule has 1 saturated heterocycles. The fraction of sp³-hybridized carbons (Fsp3) is 0.429.